The SMILES string of the molecule is CC.C\C=C/C=C\C(=C/C)OCP(O)CC(CCC(=O)O)C(=O)O. The van der Waals surface area contributed by atoms with Crippen molar-refractivity contribution in [3.63, 3.8) is 0 Å². The highest BCUT2D eigenvalue weighted by Crippen LogP contribution is 2.34. The van der Waals surface area contributed by atoms with Crippen molar-refractivity contribution in [2.45, 2.75) is 40.5 Å². The number of carboxylic acid groups (broad SMARTS) is 2. The number of hydrogen-bond acceptors (Lipinski definition) is 4. The van der Waals surface area contributed by atoms with Gasteiger partial charge >= 0.3 is 11.9 Å². The van der Waals surface area contributed by atoms with E-state index in [1.807, 2.05) is 32.9 Å². The Hall–Kier alpha value is -1.65. The molecule has 0 aliphatic rings. The molecule has 2 atom stereocenters. The van der Waals surface area contributed by atoms with Crippen molar-refractivity contribution < 1.29 is 29.4 Å². The smallest absolute Gasteiger partial charge is 0.306 e. The predicted molar refractivity (Wildman–Crippen MR) is 97.0 cm³/mol. The van der Waals surface area contributed by atoms with Crippen LogP contribution in [0.4, 0.5) is 0 Å². The molecule has 0 aromatic rings. The topological polar surface area (TPSA) is 104 Å². The van der Waals surface area contributed by atoms with Crippen LogP contribution in [0.1, 0.15) is 40.5 Å². The molecule has 0 aromatic carbocycles. The molecule has 0 saturated carbocycles. The Morgan fingerprint density at radius 1 is 1.17 bits per heavy atom. The van der Waals surface area contributed by atoms with Gasteiger partial charge in [0.1, 0.15) is 12.1 Å². The second-order valence-corrected chi connectivity index (χ2v) is 6.14. The predicted octanol–water partition coefficient (Wildman–Crippen LogP) is 3.98. The first-order valence-corrected chi connectivity index (χ1v) is 9.54. The summed E-state index contributed by atoms with van der Waals surface area (Å²) < 4.78 is 5.42. The third kappa shape index (κ3) is 14.0. The van der Waals surface area contributed by atoms with Crippen LogP contribution in [0.5, 0.6) is 0 Å². The van der Waals surface area contributed by atoms with E-state index in [-0.39, 0.29) is 25.4 Å². The van der Waals surface area contributed by atoms with Gasteiger partial charge in [0, 0.05) is 12.6 Å². The van der Waals surface area contributed by atoms with E-state index in [4.69, 9.17) is 14.9 Å². The Balaban J connectivity index is 0. The van der Waals surface area contributed by atoms with Gasteiger partial charge in [-0.05, 0) is 32.4 Å². The maximum atomic E-state index is 11.1. The van der Waals surface area contributed by atoms with Crippen LogP contribution in [0.15, 0.2) is 36.1 Å². The largest absolute Gasteiger partial charge is 0.487 e. The van der Waals surface area contributed by atoms with Gasteiger partial charge in [-0.2, -0.15) is 0 Å². The van der Waals surface area contributed by atoms with Gasteiger partial charge in [-0.1, -0.05) is 32.1 Å². The number of rotatable bonds is 11. The third-order valence-corrected chi connectivity index (χ3v) is 4.01. The quantitative estimate of drug-likeness (QED) is 0.292. The molecule has 0 aromatic heterocycles. The van der Waals surface area contributed by atoms with Crippen LogP contribution >= 0.6 is 8.15 Å². The van der Waals surface area contributed by atoms with Gasteiger partial charge in [0.2, 0.25) is 0 Å². The Morgan fingerprint density at radius 3 is 2.25 bits per heavy atom. The van der Waals surface area contributed by atoms with Crippen molar-refractivity contribution in [2.75, 3.05) is 12.5 Å². The van der Waals surface area contributed by atoms with Gasteiger partial charge in [-0.25, -0.2) is 0 Å². The molecule has 0 fully saturated rings. The molecule has 0 saturated heterocycles. The number of carbonyl (C=O) groups is 2. The number of ether oxygens (including phenoxy) is 1. The lowest BCUT2D eigenvalue weighted by Crippen LogP contribution is -2.19. The first kappa shape index (κ1) is 24.6. The van der Waals surface area contributed by atoms with Gasteiger partial charge in [0.15, 0.2) is 0 Å². The van der Waals surface area contributed by atoms with Crippen molar-refractivity contribution in [1.29, 1.82) is 0 Å². The highest BCUT2D eigenvalue weighted by Gasteiger charge is 2.22. The van der Waals surface area contributed by atoms with E-state index in [1.165, 1.54) is 0 Å². The summed E-state index contributed by atoms with van der Waals surface area (Å²) in [5.74, 6) is -2.43. The molecule has 0 amide bonds. The van der Waals surface area contributed by atoms with Crippen molar-refractivity contribution in [1.82, 2.24) is 0 Å². The van der Waals surface area contributed by atoms with Crippen LogP contribution in [0.25, 0.3) is 0 Å². The third-order valence-electron chi connectivity index (χ3n) is 2.72. The number of carboxylic acids is 2. The standard InChI is InChI=1S/C15H23O6P.C2H6/c1-3-5-6-7-13(4-2)21-11-22(20)10-12(15(18)19)8-9-14(16)17;1-2/h3-7,12,20H,8-11H2,1-2H3,(H,16,17)(H,18,19);1-2H3/b5-3-,7-6-,13-4+;. The molecule has 138 valence electrons. The number of hydrogen-bond donors (Lipinski definition) is 3. The molecule has 0 bridgehead atoms. The van der Waals surface area contributed by atoms with Gasteiger partial charge in [-0.3, -0.25) is 9.59 Å². The summed E-state index contributed by atoms with van der Waals surface area (Å²) in [6, 6.07) is 0. The summed E-state index contributed by atoms with van der Waals surface area (Å²) >= 11 is 0. The monoisotopic (exact) mass is 360 g/mol. The molecular formula is C17H29O6P. The lowest BCUT2D eigenvalue weighted by Gasteiger charge is -2.17. The molecule has 0 radical (unpaired) electrons. The highest BCUT2D eigenvalue weighted by molar-refractivity contribution is 7.51. The van der Waals surface area contributed by atoms with Crippen LogP contribution in [0.2, 0.25) is 0 Å². The van der Waals surface area contributed by atoms with Crippen LogP contribution in [-0.4, -0.2) is 39.6 Å². The summed E-state index contributed by atoms with van der Waals surface area (Å²) in [6.07, 6.45) is 8.78. The lowest BCUT2D eigenvalue weighted by molar-refractivity contribution is -0.142. The lowest BCUT2D eigenvalue weighted by atomic mass is 10.1. The van der Waals surface area contributed by atoms with E-state index in [9.17, 15) is 14.5 Å². The maximum Gasteiger partial charge on any atom is 0.306 e. The zero-order valence-corrected chi connectivity index (χ0v) is 15.7. The van der Waals surface area contributed by atoms with Crippen molar-refractivity contribution in [3.05, 3.63) is 36.1 Å². The molecule has 24 heavy (non-hydrogen) atoms. The minimum absolute atomic E-state index is 0.00172. The number of aliphatic carboxylic acids is 2. The summed E-state index contributed by atoms with van der Waals surface area (Å²) in [4.78, 5) is 31.5. The summed E-state index contributed by atoms with van der Waals surface area (Å²) in [5.41, 5.74) is 0. The fraction of sp³-hybridized carbons (Fsp3) is 0.529. The van der Waals surface area contributed by atoms with Gasteiger partial charge in [0.05, 0.1) is 14.1 Å². The van der Waals surface area contributed by atoms with Gasteiger partial charge in [0.25, 0.3) is 0 Å². The van der Waals surface area contributed by atoms with Crippen molar-refractivity contribution in [3.8, 4) is 0 Å². The summed E-state index contributed by atoms with van der Waals surface area (Å²) in [6.45, 7) is 7.68. The van der Waals surface area contributed by atoms with Crippen LogP contribution in [0, 0.1) is 5.92 Å². The Morgan fingerprint density at radius 2 is 1.79 bits per heavy atom. The zero-order valence-electron chi connectivity index (χ0n) is 14.8. The summed E-state index contributed by atoms with van der Waals surface area (Å²) in [7, 11) is -1.63. The Bertz CT molecular complexity index is 442. The molecule has 0 heterocycles. The average molecular weight is 360 g/mol. The molecule has 0 aliphatic carbocycles. The molecule has 0 rings (SSSR count). The second kappa shape index (κ2) is 16.2. The van der Waals surface area contributed by atoms with E-state index in [2.05, 4.69) is 0 Å². The van der Waals surface area contributed by atoms with E-state index in [0.717, 1.165) is 0 Å². The Labute approximate surface area is 145 Å². The van der Waals surface area contributed by atoms with E-state index in [1.54, 1.807) is 25.2 Å². The molecule has 0 spiro atoms. The molecule has 6 nitrogen and oxygen atoms in total. The van der Waals surface area contributed by atoms with Crippen molar-refractivity contribution >= 4 is 20.1 Å². The molecule has 7 heteroatoms. The molecule has 3 N–H and O–H groups in total. The van der Waals surface area contributed by atoms with E-state index >= 15 is 0 Å². The van der Waals surface area contributed by atoms with Crippen LogP contribution < -0.4 is 0 Å². The maximum absolute atomic E-state index is 11.1. The minimum Gasteiger partial charge on any atom is -0.487 e. The van der Waals surface area contributed by atoms with E-state index in [0.29, 0.717) is 5.76 Å². The molecule has 2 unspecified atom stereocenters. The zero-order chi connectivity index (χ0) is 19.0. The van der Waals surface area contributed by atoms with Gasteiger partial charge in [-0.15, -0.1) is 0 Å². The van der Waals surface area contributed by atoms with Gasteiger partial charge < -0.3 is 19.8 Å². The van der Waals surface area contributed by atoms with Crippen molar-refractivity contribution in [2.24, 2.45) is 5.92 Å². The van der Waals surface area contributed by atoms with Crippen LogP contribution in [0.3, 0.4) is 0 Å². The van der Waals surface area contributed by atoms with Crippen LogP contribution in [-0.2, 0) is 14.3 Å². The highest BCUT2D eigenvalue weighted by atomic mass is 31.1. The minimum atomic E-state index is -1.63. The molecule has 0 aliphatic heterocycles. The second-order valence-electron chi connectivity index (χ2n) is 4.51. The van der Waals surface area contributed by atoms with E-state index < -0.39 is 26.0 Å². The summed E-state index contributed by atoms with van der Waals surface area (Å²) in [5, 5.41) is 17.6. The fourth-order valence-electron chi connectivity index (χ4n) is 1.54. The normalized spacial score (nSPS) is 14.1. The first-order valence-electron chi connectivity index (χ1n) is 7.87. The first-order chi connectivity index (χ1) is 11.4. The molecular weight excluding hydrogens is 331 g/mol. The average Bonchev–Trinajstić information content (AvgIpc) is 2.56. The Kier molecular flexibility index (Phi) is 16.6. The number of allylic oxidation sites excluding steroid dienone is 5. The fourth-order valence-corrected chi connectivity index (χ4v) is 2.79.